The predicted molar refractivity (Wildman–Crippen MR) is 60.5 cm³/mol. The van der Waals surface area contributed by atoms with Crippen molar-refractivity contribution in [1.29, 1.82) is 0 Å². The number of rotatable bonds is 4. The maximum Gasteiger partial charge on any atom is 0.244 e. The molecular weight excluding hydrogens is 230 g/mol. The number of hydrogen-bond donors (Lipinski definition) is 1. The summed E-state index contributed by atoms with van der Waals surface area (Å²) in [4.78, 5) is 0.0694. The van der Waals surface area contributed by atoms with Crippen molar-refractivity contribution in [2.24, 2.45) is 0 Å². The Kier molecular flexibility index (Phi) is 3.77. The van der Waals surface area contributed by atoms with Crippen LogP contribution in [0, 0.1) is 6.92 Å². The first-order valence-electron chi connectivity index (χ1n) is 4.62. The number of nitrogens with one attached hydrogen (secondary N) is 1. The fourth-order valence-corrected chi connectivity index (χ4v) is 2.23. The van der Waals surface area contributed by atoms with Crippen LogP contribution in [0.2, 0.25) is 0 Å². The van der Waals surface area contributed by atoms with E-state index in [-0.39, 0.29) is 4.90 Å². The molecule has 0 atom stereocenters. The molecule has 1 rings (SSSR count). The molecule has 0 radical (unpaired) electrons. The molecule has 0 aliphatic carbocycles. The Labute approximate surface area is 95.4 Å². The Morgan fingerprint density at radius 1 is 1.12 bits per heavy atom. The second-order valence-corrected chi connectivity index (χ2v) is 5.04. The minimum atomic E-state index is -3.55. The first-order chi connectivity index (χ1) is 7.46. The minimum Gasteiger partial charge on any atom is -0.496 e. The molecule has 0 heterocycles. The second-order valence-electron chi connectivity index (χ2n) is 3.18. The molecule has 0 fully saturated rings. The van der Waals surface area contributed by atoms with Gasteiger partial charge in [-0.05, 0) is 25.6 Å². The van der Waals surface area contributed by atoms with Gasteiger partial charge >= 0.3 is 0 Å². The van der Waals surface area contributed by atoms with Gasteiger partial charge in [0.05, 0.1) is 14.2 Å². The van der Waals surface area contributed by atoms with Gasteiger partial charge in [-0.15, -0.1) is 0 Å². The van der Waals surface area contributed by atoms with E-state index in [2.05, 4.69) is 4.72 Å². The third-order valence-corrected chi connectivity index (χ3v) is 3.67. The molecule has 0 aromatic heterocycles. The Hall–Kier alpha value is -1.27. The van der Waals surface area contributed by atoms with Crippen LogP contribution < -0.4 is 14.2 Å². The molecule has 0 spiro atoms. The smallest absolute Gasteiger partial charge is 0.244 e. The minimum absolute atomic E-state index is 0.0694. The van der Waals surface area contributed by atoms with E-state index in [1.807, 2.05) is 6.92 Å². The van der Waals surface area contributed by atoms with Crippen LogP contribution in [0.3, 0.4) is 0 Å². The quantitative estimate of drug-likeness (QED) is 0.856. The first-order valence-corrected chi connectivity index (χ1v) is 6.10. The van der Waals surface area contributed by atoms with Crippen molar-refractivity contribution in [3.63, 3.8) is 0 Å². The normalized spacial score (nSPS) is 11.2. The predicted octanol–water partition coefficient (Wildman–Crippen LogP) is 0.920. The fourth-order valence-electron chi connectivity index (χ4n) is 1.34. The molecular formula is C10H15NO4S. The molecule has 0 aliphatic heterocycles. The van der Waals surface area contributed by atoms with Gasteiger partial charge in [-0.1, -0.05) is 0 Å². The highest BCUT2D eigenvalue weighted by atomic mass is 32.2. The Balaban J connectivity index is 3.48. The zero-order valence-corrected chi connectivity index (χ0v) is 10.5. The van der Waals surface area contributed by atoms with Crippen molar-refractivity contribution < 1.29 is 17.9 Å². The van der Waals surface area contributed by atoms with Crippen LogP contribution in [0.5, 0.6) is 11.5 Å². The molecule has 0 unspecified atom stereocenters. The molecule has 16 heavy (non-hydrogen) atoms. The zero-order chi connectivity index (χ0) is 12.3. The summed E-state index contributed by atoms with van der Waals surface area (Å²) in [6.45, 7) is 1.82. The van der Waals surface area contributed by atoms with E-state index in [1.54, 1.807) is 6.07 Å². The van der Waals surface area contributed by atoms with E-state index in [9.17, 15) is 8.42 Å². The lowest BCUT2D eigenvalue weighted by Crippen LogP contribution is -2.19. The third-order valence-electron chi connectivity index (χ3n) is 2.24. The van der Waals surface area contributed by atoms with Crippen LogP contribution >= 0.6 is 0 Å². The summed E-state index contributed by atoms with van der Waals surface area (Å²) in [5, 5.41) is 0. The summed E-state index contributed by atoms with van der Waals surface area (Å²) in [5.74, 6) is 0.808. The molecule has 1 aromatic carbocycles. The molecule has 0 saturated carbocycles. The van der Waals surface area contributed by atoms with Crippen molar-refractivity contribution in [2.45, 2.75) is 11.8 Å². The zero-order valence-electron chi connectivity index (χ0n) is 9.70. The van der Waals surface area contributed by atoms with E-state index in [1.165, 1.54) is 27.3 Å². The maximum absolute atomic E-state index is 11.7. The van der Waals surface area contributed by atoms with Crippen molar-refractivity contribution in [3.05, 3.63) is 17.7 Å². The summed E-state index contributed by atoms with van der Waals surface area (Å²) in [6, 6.07) is 3.07. The molecule has 0 aliphatic rings. The highest BCUT2D eigenvalue weighted by molar-refractivity contribution is 7.89. The van der Waals surface area contributed by atoms with Crippen molar-refractivity contribution in [3.8, 4) is 11.5 Å². The van der Waals surface area contributed by atoms with Crippen molar-refractivity contribution >= 4 is 10.0 Å². The van der Waals surface area contributed by atoms with Crippen molar-refractivity contribution in [2.75, 3.05) is 21.3 Å². The van der Waals surface area contributed by atoms with Crippen LogP contribution in [0.1, 0.15) is 5.56 Å². The standard InChI is InChI=1S/C10H15NO4S/c1-7-5-9(15-4)10(6-8(7)14-3)16(12,13)11-2/h5-6,11H,1-4H3. The summed E-state index contributed by atoms with van der Waals surface area (Å²) < 4.78 is 35.8. The van der Waals surface area contributed by atoms with Gasteiger partial charge in [0.1, 0.15) is 16.4 Å². The molecule has 1 aromatic rings. The lowest BCUT2D eigenvalue weighted by Gasteiger charge is -2.12. The summed E-state index contributed by atoms with van der Waals surface area (Å²) in [5.41, 5.74) is 0.814. The second kappa shape index (κ2) is 4.71. The fraction of sp³-hybridized carbons (Fsp3) is 0.400. The first kappa shape index (κ1) is 12.8. The van der Waals surface area contributed by atoms with E-state index in [0.717, 1.165) is 5.56 Å². The Morgan fingerprint density at radius 2 is 1.69 bits per heavy atom. The van der Waals surface area contributed by atoms with E-state index >= 15 is 0 Å². The molecule has 6 heteroatoms. The Morgan fingerprint density at radius 3 is 2.12 bits per heavy atom. The SMILES string of the molecule is CNS(=O)(=O)c1cc(OC)c(C)cc1OC. The summed E-state index contributed by atoms with van der Waals surface area (Å²) in [6.07, 6.45) is 0. The van der Waals surface area contributed by atoms with Crippen LogP contribution in [0.15, 0.2) is 17.0 Å². The molecule has 0 bridgehead atoms. The van der Waals surface area contributed by atoms with Crippen LogP contribution in [0.25, 0.3) is 0 Å². The van der Waals surface area contributed by atoms with Crippen LogP contribution in [-0.2, 0) is 10.0 Å². The Bertz CT molecular complexity index is 482. The number of methoxy groups -OCH3 is 2. The molecule has 0 amide bonds. The molecule has 1 N–H and O–H groups in total. The van der Waals surface area contributed by atoms with E-state index in [0.29, 0.717) is 11.5 Å². The van der Waals surface area contributed by atoms with Gasteiger partial charge < -0.3 is 9.47 Å². The highest BCUT2D eigenvalue weighted by Gasteiger charge is 2.19. The third kappa shape index (κ3) is 2.28. The average Bonchev–Trinajstić information content (AvgIpc) is 2.28. The molecule has 90 valence electrons. The van der Waals surface area contributed by atoms with Crippen LogP contribution in [0.4, 0.5) is 0 Å². The summed E-state index contributed by atoms with van der Waals surface area (Å²) in [7, 11) is 0.720. The van der Waals surface area contributed by atoms with Gasteiger partial charge in [0, 0.05) is 6.07 Å². The summed E-state index contributed by atoms with van der Waals surface area (Å²) >= 11 is 0. The molecule has 5 nitrogen and oxygen atoms in total. The monoisotopic (exact) mass is 245 g/mol. The van der Waals surface area contributed by atoms with Gasteiger partial charge in [-0.25, -0.2) is 13.1 Å². The van der Waals surface area contributed by atoms with Gasteiger partial charge in [-0.2, -0.15) is 0 Å². The highest BCUT2D eigenvalue weighted by Crippen LogP contribution is 2.31. The number of aryl methyl sites for hydroxylation is 1. The van der Waals surface area contributed by atoms with Gasteiger partial charge in [0.2, 0.25) is 10.0 Å². The van der Waals surface area contributed by atoms with Crippen LogP contribution in [-0.4, -0.2) is 29.7 Å². The largest absolute Gasteiger partial charge is 0.496 e. The number of benzene rings is 1. The number of sulfonamides is 1. The topological polar surface area (TPSA) is 64.6 Å². The lowest BCUT2D eigenvalue weighted by molar-refractivity contribution is 0.390. The van der Waals surface area contributed by atoms with Gasteiger partial charge in [0.25, 0.3) is 0 Å². The average molecular weight is 245 g/mol. The van der Waals surface area contributed by atoms with Gasteiger partial charge in [-0.3, -0.25) is 0 Å². The van der Waals surface area contributed by atoms with Crippen molar-refractivity contribution in [1.82, 2.24) is 4.72 Å². The van der Waals surface area contributed by atoms with E-state index < -0.39 is 10.0 Å². The van der Waals surface area contributed by atoms with Gasteiger partial charge in [0.15, 0.2) is 0 Å². The molecule has 0 saturated heterocycles. The maximum atomic E-state index is 11.7. The lowest BCUT2D eigenvalue weighted by atomic mass is 10.2. The van der Waals surface area contributed by atoms with E-state index in [4.69, 9.17) is 9.47 Å². The number of ether oxygens (including phenoxy) is 2. The number of hydrogen-bond acceptors (Lipinski definition) is 4.